The summed E-state index contributed by atoms with van der Waals surface area (Å²) in [5.41, 5.74) is 1.26. The molecule has 3 aromatic carbocycles. The predicted octanol–water partition coefficient (Wildman–Crippen LogP) is 5.60. The van der Waals surface area contributed by atoms with E-state index in [2.05, 4.69) is 20.5 Å². The summed E-state index contributed by atoms with van der Waals surface area (Å²) in [7, 11) is 0. The van der Waals surface area contributed by atoms with Gasteiger partial charge < -0.3 is 10.1 Å². The molecule has 8 nitrogen and oxygen atoms in total. The number of hydrogen-bond acceptors (Lipinski definition) is 9. The lowest BCUT2D eigenvalue weighted by Gasteiger charge is -2.09. The van der Waals surface area contributed by atoms with Crippen molar-refractivity contribution in [2.75, 3.05) is 5.32 Å². The van der Waals surface area contributed by atoms with Crippen molar-refractivity contribution < 1.29 is 4.74 Å². The average Bonchev–Trinajstić information content (AvgIpc) is 3.34. The Balaban J connectivity index is 1.25. The number of nitriles is 1. The normalized spacial score (nSPS) is 10.7. The molecule has 0 amide bonds. The van der Waals surface area contributed by atoms with E-state index >= 15 is 0 Å². The number of para-hydroxylation sites is 2. The van der Waals surface area contributed by atoms with E-state index in [1.165, 1.54) is 27.7 Å². The fraction of sp³-hybridized carbons (Fsp3) is 0.0800. The Morgan fingerprint density at radius 2 is 1.71 bits per heavy atom. The van der Waals surface area contributed by atoms with Gasteiger partial charge in [-0.25, -0.2) is 4.98 Å². The van der Waals surface area contributed by atoms with Crippen LogP contribution in [0.15, 0.2) is 88.0 Å². The van der Waals surface area contributed by atoms with Crippen molar-refractivity contribution in [3.8, 4) is 17.6 Å². The first-order chi connectivity index (χ1) is 17.2. The molecule has 0 saturated carbocycles. The standard InChI is InChI=1S/C25H18N6O2S2/c26-14-15-31-22(28-21-9-5-4-8-20(21)23(31)32)16-34-25-30-29-24(35-25)27-17-10-12-19(13-11-17)33-18-6-2-1-3-7-18/h1-13H,15-16H2,(H,27,29). The van der Waals surface area contributed by atoms with Crippen LogP contribution in [-0.4, -0.2) is 19.7 Å². The van der Waals surface area contributed by atoms with Gasteiger partial charge in [-0.2, -0.15) is 5.26 Å². The zero-order valence-corrected chi connectivity index (χ0v) is 19.9. The van der Waals surface area contributed by atoms with E-state index in [1.54, 1.807) is 18.2 Å². The molecule has 0 atom stereocenters. The molecule has 0 aliphatic heterocycles. The van der Waals surface area contributed by atoms with E-state index < -0.39 is 0 Å². The monoisotopic (exact) mass is 498 g/mol. The minimum atomic E-state index is -0.216. The van der Waals surface area contributed by atoms with E-state index in [0.29, 0.717) is 27.6 Å². The molecule has 0 spiro atoms. The third-order valence-corrected chi connectivity index (χ3v) is 6.95. The SMILES string of the molecule is N#CCn1c(CSc2nnc(Nc3ccc(Oc4ccccc4)cc3)s2)nc2ccccc2c1=O. The predicted molar refractivity (Wildman–Crippen MR) is 137 cm³/mol. The highest BCUT2D eigenvalue weighted by molar-refractivity contribution is 8.00. The number of aromatic nitrogens is 4. The van der Waals surface area contributed by atoms with Crippen LogP contribution in [0.2, 0.25) is 0 Å². The first kappa shape index (κ1) is 22.6. The molecule has 2 aromatic heterocycles. The van der Waals surface area contributed by atoms with Crippen molar-refractivity contribution in [3.05, 3.63) is 95.0 Å². The first-order valence-electron chi connectivity index (χ1n) is 10.6. The number of benzene rings is 3. The van der Waals surface area contributed by atoms with Crippen molar-refractivity contribution in [1.82, 2.24) is 19.7 Å². The quantitative estimate of drug-likeness (QED) is 0.276. The van der Waals surface area contributed by atoms with Crippen LogP contribution in [0.5, 0.6) is 11.5 Å². The second-order valence-electron chi connectivity index (χ2n) is 7.32. The van der Waals surface area contributed by atoms with Gasteiger partial charge in [-0.1, -0.05) is 53.4 Å². The Bertz CT molecular complexity index is 1560. The van der Waals surface area contributed by atoms with Gasteiger partial charge in [0, 0.05) is 5.69 Å². The number of nitrogens with one attached hydrogen (secondary N) is 1. The van der Waals surface area contributed by atoms with Crippen LogP contribution in [0.25, 0.3) is 10.9 Å². The molecule has 0 aliphatic carbocycles. The van der Waals surface area contributed by atoms with Crippen molar-refractivity contribution in [2.24, 2.45) is 0 Å². The molecule has 0 bridgehead atoms. The van der Waals surface area contributed by atoms with Crippen molar-refractivity contribution in [2.45, 2.75) is 16.6 Å². The number of rotatable bonds is 8. The molecule has 0 aliphatic rings. The van der Waals surface area contributed by atoms with Crippen LogP contribution in [0.1, 0.15) is 5.82 Å². The number of nitrogens with zero attached hydrogens (tertiary/aromatic N) is 5. The average molecular weight is 499 g/mol. The van der Waals surface area contributed by atoms with E-state index in [9.17, 15) is 10.1 Å². The molecule has 1 N–H and O–H groups in total. The second-order valence-corrected chi connectivity index (χ2v) is 9.52. The van der Waals surface area contributed by atoms with Crippen LogP contribution in [0.3, 0.4) is 0 Å². The Kier molecular flexibility index (Phi) is 6.70. The van der Waals surface area contributed by atoms with Gasteiger partial charge in [0.1, 0.15) is 23.9 Å². The van der Waals surface area contributed by atoms with Gasteiger partial charge in [-0.3, -0.25) is 9.36 Å². The highest BCUT2D eigenvalue weighted by Crippen LogP contribution is 2.30. The molecule has 0 fully saturated rings. The maximum atomic E-state index is 12.8. The maximum absolute atomic E-state index is 12.8. The van der Waals surface area contributed by atoms with Crippen LogP contribution in [-0.2, 0) is 12.3 Å². The highest BCUT2D eigenvalue weighted by atomic mass is 32.2. The Labute approximate surface area is 208 Å². The summed E-state index contributed by atoms with van der Waals surface area (Å²) in [5.74, 6) is 2.43. The molecule has 5 rings (SSSR count). The zero-order valence-electron chi connectivity index (χ0n) is 18.3. The highest BCUT2D eigenvalue weighted by Gasteiger charge is 2.13. The fourth-order valence-electron chi connectivity index (χ4n) is 3.36. The number of anilines is 2. The van der Waals surface area contributed by atoms with Crippen LogP contribution in [0.4, 0.5) is 10.8 Å². The molecule has 0 saturated heterocycles. The number of thioether (sulfide) groups is 1. The third-order valence-electron chi connectivity index (χ3n) is 4.99. The second kappa shape index (κ2) is 10.4. The fourth-order valence-corrected chi connectivity index (χ4v) is 5.08. The van der Waals surface area contributed by atoms with Gasteiger partial charge in [-0.05, 0) is 48.5 Å². The van der Waals surface area contributed by atoms with Crippen molar-refractivity contribution in [3.63, 3.8) is 0 Å². The molecule has 0 unspecified atom stereocenters. The van der Waals surface area contributed by atoms with Crippen molar-refractivity contribution in [1.29, 1.82) is 5.26 Å². The van der Waals surface area contributed by atoms with Crippen LogP contribution < -0.4 is 15.6 Å². The lowest BCUT2D eigenvalue weighted by Crippen LogP contribution is -2.24. The molecule has 2 heterocycles. The van der Waals surface area contributed by atoms with E-state index in [1.807, 2.05) is 66.7 Å². The van der Waals surface area contributed by atoms with Crippen molar-refractivity contribution >= 4 is 44.8 Å². The van der Waals surface area contributed by atoms with Gasteiger partial charge in [0.15, 0.2) is 4.34 Å². The zero-order chi connectivity index (χ0) is 24.0. The first-order valence-corrected chi connectivity index (χ1v) is 12.4. The lowest BCUT2D eigenvalue weighted by molar-refractivity contribution is 0.483. The summed E-state index contributed by atoms with van der Waals surface area (Å²) in [6.45, 7) is -0.0561. The number of fused-ring (bicyclic) bond motifs is 1. The minimum absolute atomic E-state index is 0.0561. The van der Waals surface area contributed by atoms with Gasteiger partial charge in [0.25, 0.3) is 5.56 Å². The third kappa shape index (κ3) is 5.32. The molecular formula is C25H18N6O2S2. The molecule has 5 aromatic rings. The Morgan fingerprint density at radius 1 is 0.971 bits per heavy atom. The Hall–Kier alpha value is -4.20. The van der Waals surface area contributed by atoms with Gasteiger partial charge in [-0.15, -0.1) is 10.2 Å². The molecule has 0 radical (unpaired) electrons. The number of hydrogen-bond donors (Lipinski definition) is 1. The molecule has 10 heteroatoms. The summed E-state index contributed by atoms with van der Waals surface area (Å²) in [5, 5.41) is 22.0. The van der Waals surface area contributed by atoms with Gasteiger partial charge in [0.2, 0.25) is 5.13 Å². The minimum Gasteiger partial charge on any atom is -0.457 e. The van der Waals surface area contributed by atoms with E-state index in [-0.39, 0.29) is 12.1 Å². The summed E-state index contributed by atoms with van der Waals surface area (Å²) >= 11 is 2.82. The summed E-state index contributed by atoms with van der Waals surface area (Å²) in [6, 6.07) is 26.4. The Morgan fingerprint density at radius 3 is 2.51 bits per heavy atom. The molecular weight excluding hydrogens is 480 g/mol. The topological polar surface area (TPSA) is 106 Å². The molecule has 35 heavy (non-hydrogen) atoms. The summed E-state index contributed by atoms with van der Waals surface area (Å²) in [6.07, 6.45) is 0. The van der Waals surface area contributed by atoms with Crippen LogP contribution >= 0.6 is 23.1 Å². The molecule has 172 valence electrons. The number of ether oxygens (including phenoxy) is 1. The maximum Gasteiger partial charge on any atom is 0.262 e. The summed E-state index contributed by atoms with van der Waals surface area (Å²) < 4.78 is 7.95. The summed E-state index contributed by atoms with van der Waals surface area (Å²) in [4.78, 5) is 17.4. The van der Waals surface area contributed by atoms with Crippen LogP contribution in [0, 0.1) is 11.3 Å². The van der Waals surface area contributed by atoms with Gasteiger partial charge in [0.05, 0.1) is 22.7 Å². The van der Waals surface area contributed by atoms with Gasteiger partial charge >= 0.3 is 0 Å². The van der Waals surface area contributed by atoms with E-state index in [0.717, 1.165) is 21.5 Å². The lowest BCUT2D eigenvalue weighted by atomic mass is 10.2. The smallest absolute Gasteiger partial charge is 0.262 e. The largest absolute Gasteiger partial charge is 0.457 e. The van der Waals surface area contributed by atoms with E-state index in [4.69, 9.17) is 4.74 Å².